The molecular weight excluding hydrogens is 268 g/mol. The first-order valence-corrected chi connectivity index (χ1v) is 7.17. The topological polar surface area (TPSA) is 62.5 Å². The monoisotopic (exact) mass is 286 g/mol. The Morgan fingerprint density at radius 1 is 1.24 bits per heavy atom. The highest BCUT2D eigenvalue weighted by Gasteiger charge is 2.33. The van der Waals surface area contributed by atoms with Gasteiger partial charge in [-0.25, -0.2) is 4.79 Å². The molecule has 21 heavy (non-hydrogen) atoms. The molecule has 5 heteroatoms. The summed E-state index contributed by atoms with van der Waals surface area (Å²) in [6, 6.07) is 6.98. The number of para-hydroxylation sites is 1. The summed E-state index contributed by atoms with van der Waals surface area (Å²) in [4.78, 5) is 25.7. The minimum atomic E-state index is -0.914. The van der Waals surface area contributed by atoms with Gasteiger partial charge in [-0.15, -0.1) is 0 Å². The van der Waals surface area contributed by atoms with Gasteiger partial charge >= 0.3 is 5.97 Å². The second kappa shape index (κ2) is 5.24. The van der Waals surface area contributed by atoms with Crippen molar-refractivity contribution in [1.82, 2.24) is 9.47 Å². The van der Waals surface area contributed by atoms with Gasteiger partial charge in [-0.1, -0.05) is 18.2 Å². The molecular formula is C16H18N2O3. The van der Waals surface area contributed by atoms with E-state index in [2.05, 4.69) is 0 Å². The summed E-state index contributed by atoms with van der Waals surface area (Å²) in [5.74, 6) is -1.10. The molecule has 5 nitrogen and oxygen atoms in total. The maximum absolute atomic E-state index is 12.8. The summed E-state index contributed by atoms with van der Waals surface area (Å²) in [6.45, 7) is 0.513. The number of aromatic nitrogens is 1. The predicted molar refractivity (Wildman–Crippen MR) is 79.2 cm³/mol. The number of nitrogens with zero attached hydrogens (tertiary/aromatic N) is 2. The number of fused-ring (bicyclic) bond motifs is 1. The first kappa shape index (κ1) is 13.7. The lowest BCUT2D eigenvalue weighted by atomic mass is 10.0. The Labute approximate surface area is 122 Å². The lowest BCUT2D eigenvalue weighted by Crippen LogP contribution is -2.47. The molecule has 1 atom stereocenters. The molecule has 1 aromatic carbocycles. The standard InChI is InChI=1S/C16H18N2O3/c1-17-10-12(11-6-2-3-7-13(11)17)15(19)18-9-5-4-8-14(18)16(20)21/h2-3,6-7,10,14H,4-5,8-9H2,1H3,(H,20,21)/t14-/m1/s1. The van der Waals surface area contributed by atoms with E-state index in [4.69, 9.17) is 0 Å². The number of benzene rings is 1. The van der Waals surface area contributed by atoms with Crippen molar-refractivity contribution in [3.63, 3.8) is 0 Å². The molecule has 0 aliphatic carbocycles. The third kappa shape index (κ3) is 2.28. The number of rotatable bonds is 2. The molecule has 1 N–H and O–H groups in total. The molecule has 1 aliphatic heterocycles. The highest BCUT2D eigenvalue weighted by atomic mass is 16.4. The van der Waals surface area contributed by atoms with Gasteiger partial charge in [0.1, 0.15) is 6.04 Å². The van der Waals surface area contributed by atoms with Gasteiger partial charge in [0, 0.05) is 30.7 Å². The number of aliphatic carboxylic acids is 1. The fourth-order valence-corrected chi connectivity index (χ4v) is 3.10. The number of carbonyl (C=O) groups is 2. The number of aryl methyl sites for hydroxylation is 1. The number of carboxylic acid groups (broad SMARTS) is 1. The Balaban J connectivity index is 2.01. The van der Waals surface area contributed by atoms with Crippen molar-refractivity contribution in [2.75, 3.05) is 6.54 Å². The van der Waals surface area contributed by atoms with E-state index in [1.54, 1.807) is 6.20 Å². The molecule has 2 aromatic rings. The van der Waals surface area contributed by atoms with Gasteiger partial charge in [-0.05, 0) is 25.3 Å². The molecule has 2 heterocycles. The van der Waals surface area contributed by atoms with Gasteiger partial charge in [0.15, 0.2) is 0 Å². The van der Waals surface area contributed by atoms with Crippen LogP contribution in [0.5, 0.6) is 0 Å². The molecule has 1 aromatic heterocycles. The third-order valence-electron chi connectivity index (χ3n) is 4.18. The third-order valence-corrected chi connectivity index (χ3v) is 4.18. The number of hydrogen-bond acceptors (Lipinski definition) is 2. The van der Waals surface area contributed by atoms with Gasteiger partial charge in [-0.2, -0.15) is 0 Å². The van der Waals surface area contributed by atoms with Gasteiger partial charge in [0.25, 0.3) is 5.91 Å². The zero-order valence-corrected chi connectivity index (χ0v) is 12.0. The van der Waals surface area contributed by atoms with Gasteiger partial charge in [0.2, 0.25) is 0 Å². The number of piperidine rings is 1. The Kier molecular flexibility index (Phi) is 3.41. The molecule has 0 unspecified atom stereocenters. The fourth-order valence-electron chi connectivity index (χ4n) is 3.10. The first-order chi connectivity index (χ1) is 10.1. The Morgan fingerprint density at radius 2 is 2.00 bits per heavy atom. The average Bonchev–Trinajstić information content (AvgIpc) is 2.84. The summed E-state index contributed by atoms with van der Waals surface area (Å²) < 4.78 is 1.91. The SMILES string of the molecule is Cn1cc(C(=O)N2CCCC[C@@H]2C(=O)O)c2ccccc21. The summed E-state index contributed by atoms with van der Waals surface area (Å²) in [6.07, 6.45) is 4.04. The van der Waals surface area contributed by atoms with E-state index in [0.717, 1.165) is 23.7 Å². The highest BCUT2D eigenvalue weighted by Crippen LogP contribution is 2.25. The molecule has 1 amide bonds. The molecule has 1 fully saturated rings. The Bertz CT molecular complexity index is 705. The second-order valence-electron chi connectivity index (χ2n) is 5.52. The number of carboxylic acids is 1. The minimum Gasteiger partial charge on any atom is -0.480 e. The van der Waals surface area contributed by atoms with E-state index < -0.39 is 12.0 Å². The maximum Gasteiger partial charge on any atom is 0.326 e. The summed E-state index contributed by atoms with van der Waals surface area (Å²) in [5, 5.41) is 10.2. The van der Waals surface area contributed by atoms with Crippen LogP contribution in [-0.2, 0) is 11.8 Å². The molecule has 1 saturated heterocycles. The number of hydrogen-bond donors (Lipinski definition) is 1. The van der Waals surface area contributed by atoms with Crippen LogP contribution in [0.25, 0.3) is 10.9 Å². The van der Waals surface area contributed by atoms with Crippen molar-refractivity contribution < 1.29 is 14.7 Å². The minimum absolute atomic E-state index is 0.182. The predicted octanol–water partition coefficient (Wildman–Crippen LogP) is 2.26. The van der Waals surface area contributed by atoms with Crippen LogP contribution in [0.3, 0.4) is 0 Å². The van der Waals surface area contributed by atoms with Gasteiger partial charge in [0.05, 0.1) is 5.56 Å². The first-order valence-electron chi connectivity index (χ1n) is 7.17. The van der Waals surface area contributed by atoms with Crippen LogP contribution in [0.1, 0.15) is 29.6 Å². The molecule has 0 saturated carbocycles. The van der Waals surface area contributed by atoms with Crippen LogP contribution in [0.15, 0.2) is 30.5 Å². The van der Waals surface area contributed by atoms with E-state index in [1.165, 1.54) is 4.90 Å². The normalized spacial score (nSPS) is 18.9. The van der Waals surface area contributed by atoms with E-state index in [1.807, 2.05) is 35.9 Å². The van der Waals surface area contributed by atoms with Crippen LogP contribution >= 0.6 is 0 Å². The average molecular weight is 286 g/mol. The fraction of sp³-hybridized carbons (Fsp3) is 0.375. The lowest BCUT2D eigenvalue weighted by molar-refractivity contribution is -0.143. The number of carbonyl (C=O) groups excluding carboxylic acids is 1. The quantitative estimate of drug-likeness (QED) is 0.921. The molecule has 0 bridgehead atoms. The Morgan fingerprint density at radius 3 is 2.76 bits per heavy atom. The van der Waals surface area contributed by atoms with E-state index in [0.29, 0.717) is 18.5 Å². The van der Waals surface area contributed by atoms with Crippen molar-refractivity contribution in [2.24, 2.45) is 7.05 Å². The largest absolute Gasteiger partial charge is 0.480 e. The Hall–Kier alpha value is -2.30. The molecule has 110 valence electrons. The molecule has 1 aliphatic rings. The zero-order chi connectivity index (χ0) is 15.0. The van der Waals surface area contributed by atoms with Crippen molar-refractivity contribution in [1.29, 1.82) is 0 Å². The van der Waals surface area contributed by atoms with Crippen LogP contribution in [0, 0.1) is 0 Å². The molecule has 0 spiro atoms. The van der Waals surface area contributed by atoms with Crippen LogP contribution in [0.2, 0.25) is 0 Å². The van der Waals surface area contributed by atoms with Gasteiger partial charge < -0.3 is 14.6 Å². The van der Waals surface area contributed by atoms with Crippen molar-refractivity contribution in [3.8, 4) is 0 Å². The van der Waals surface area contributed by atoms with E-state index >= 15 is 0 Å². The summed E-state index contributed by atoms with van der Waals surface area (Å²) in [5.41, 5.74) is 1.56. The number of likely N-dealkylation sites (tertiary alicyclic amines) is 1. The zero-order valence-electron chi connectivity index (χ0n) is 12.0. The van der Waals surface area contributed by atoms with Crippen LogP contribution in [0.4, 0.5) is 0 Å². The second-order valence-corrected chi connectivity index (χ2v) is 5.52. The highest BCUT2D eigenvalue weighted by molar-refractivity contribution is 6.07. The van der Waals surface area contributed by atoms with Crippen molar-refractivity contribution in [2.45, 2.75) is 25.3 Å². The van der Waals surface area contributed by atoms with Crippen LogP contribution in [-0.4, -0.2) is 39.0 Å². The molecule has 0 radical (unpaired) electrons. The maximum atomic E-state index is 12.8. The van der Waals surface area contributed by atoms with Crippen molar-refractivity contribution >= 4 is 22.8 Å². The summed E-state index contributed by atoms with van der Waals surface area (Å²) in [7, 11) is 1.89. The smallest absolute Gasteiger partial charge is 0.326 e. The van der Waals surface area contributed by atoms with Gasteiger partial charge in [-0.3, -0.25) is 4.79 Å². The van der Waals surface area contributed by atoms with Crippen molar-refractivity contribution in [3.05, 3.63) is 36.0 Å². The summed E-state index contributed by atoms with van der Waals surface area (Å²) >= 11 is 0. The van der Waals surface area contributed by atoms with E-state index in [9.17, 15) is 14.7 Å². The van der Waals surface area contributed by atoms with Crippen LogP contribution < -0.4 is 0 Å². The molecule has 3 rings (SSSR count). The lowest BCUT2D eigenvalue weighted by Gasteiger charge is -2.32. The van der Waals surface area contributed by atoms with E-state index in [-0.39, 0.29) is 5.91 Å². The number of amides is 1.